The molecule has 9 heteroatoms. The molecule has 1 atom stereocenters. The SMILES string of the molecule is Cc1ccc(C2(C)NC(=O)N(CC(=O)NCCN3CCNCC3)C2=O)cc1.Cl. The second-order valence-corrected chi connectivity index (χ2v) is 7.25. The van der Waals surface area contributed by atoms with Crippen molar-refractivity contribution >= 4 is 30.3 Å². The van der Waals surface area contributed by atoms with Crippen LogP contribution in [0.3, 0.4) is 0 Å². The number of amides is 4. The van der Waals surface area contributed by atoms with Gasteiger partial charge in [-0.15, -0.1) is 12.4 Å². The molecule has 1 unspecified atom stereocenters. The van der Waals surface area contributed by atoms with Crippen molar-refractivity contribution in [2.24, 2.45) is 0 Å². The first kappa shape index (κ1) is 22.1. The van der Waals surface area contributed by atoms with E-state index in [1.54, 1.807) is 6.92 Å². The maximum atomic E-state index is 12.8. The summed E-state index contributed by atoms with van der Waals surface area (Å²) in [5.41, 5.74) is 0.624. The van der Waals surface area contributed by atoms with Gasteiger partial charge in [-0.2, -0.15) is 0 Å². The van der Waals surface area contributed by atoms with Crippen molar-refractivity contribution in [3.63, 3.8) is 0 Å². The lowest BCUT2D eigenvalue weighted by Crippen LogP contribution is -2.47. The van der Waals surface area contributed by atoms with Gasteiger partial charge in [0.1, 0.15) is 12.1 Å². The molecule has 2 heterocycles. The zero-order chi connectivity index (χ0) is 19.4. The number of benzene rings is 1. The summed E-state index contributed by atoms with van der Waals surface area (Å²) in [7, 11) is 0. The molecule has 154 valence electrons. The maximum Gasteiger partial charge on any atom is 0.325 e. The molecule has 3 rings (SSSR count). The van der Waals surface area contributed by atoms with Crippen molar-refractivity contribution in [3.05, 3.63) is 35.4 Å². The standard InChI is InChI=1S/C19H27N5O3.ClH/c1-14-3-5-15(6-4-14)19(2)17(26)24(18(27)22-19)13-16(25)21-9-12-23-10-7-20-8-11-23;/h3-6,20H,7-13H2,1-2H3,(H,21,25)(H,22,27);1H. The van der Waals surface area contributed by atoms with E-state index in [0.29, 0.717) is 12.1 Å². The Bertz CT molecular complexity index is 721. The number of hydrogen-bond acceptors (Lipinski definition) is 5. The Morgan fingerprint density at radius 2 is 1.82 bits per heavy atom. The summed E-state index contributed by atoms with van der Waals surface area (Å²) >= 11 is 0. The van der Waals surface area contributed by atoms with Gasteiger partial charge in [0.2, 0.25) is 5.91 Å². The van der Waals surface area contributed by atoms with Gasteiger partial charge in [0.15, 0.2) is 0 Å². The first-order chi connectivity index (χ1) is 12.9. The van der Waals surface area contributed by atoms with Crippen LogP contribution in [0.15, 0.2) is 24.3 Å². The molecule has 0 aromatic heterocycles. The van der Waals surface area contributed by atoms with E-state index < -0.39 is 17.5 Å². The summed E-state index contributed by atoms with van der Waals surface area (Å²) in [4.78, 5) is 40.6. The first-order valence-electron chi connectivity index (χ1n) is 9.31. The van der Waals surface area contributed by atoms with E-state index in [4.69, 9.17) is 0 Å². The Morgan fingerprint density at radius 3 is 2.46 bits per heavy atom. The molecule has 2 fully saturated rings. The molecule has 2 aliphatic rings. The van der Waals surface area contributed by atoms with Crippen LogP contribution in [-0.2, 0) is 15.1 Å². The predicted octanol–water partition coefficient (Wildman–Crippen LogP) is 0.205. The molecule has 1 aromatic rings. The van der Waals surface area contributed by atoms with Gasteiger partial charge >= 0.3 is 6.03 Å². The maximum absolute atomic E-state index is 12.8. The van der Waals surface area contributed by atoms with Crippen molar-refractivity contribution in [3.8, 4) is 0 Å². The molecule has 0 aliphatic carbocycles. The smallest absolute Gasteiger partial charge is 0.325 e. The fraction of sp³-hybridized carbons (Fsp3) is 0.526. The Labute approximate surface area is 171 Å². The molecule has 4 amide bonds. The van der Waals surface area contributed by atoms with Gasteiger partial charge < -0.3 is 16.0 Å². The number of halogens is 1. The van der Waals surface area contributed by atoms with Crippen LogP contribution in [0.25, 0.3) is 0 Å². The van der Waals surface area contributed by atoms with Gasteiger partial charge in [0.25, 0.3) is 5.91 Å². The number of imide groups is 1. The van der Waals surface area contributed by atoms with Gasteiger partial charge in [-0.3, -0.25) is 19.4 Å². The van der Waals surface area contributed by atoms with Crippen molar-refractivity contribution in [2.75, 3.05) is 45.8 Å². The summed E-state index contributed by atoms with van der Waals surface area (Å²) < 4.78 is 0. The lowest BCUT2D eigenvalue weighted by atomic mass is 9.91. The molecule has 2 saturated heterocycles. The molecule has 2 aliphatic heterocycles. The van der Waals surface area contributed by atoms with Crippen molar-refractivity contribution in [1.82, 2.24) is 25.8 Å². The van der Waals surface area contributed by atoms with Gasteiger partial charge in [-0.05, 0) is 19.4 Å². The number of nitrogens with zero attached hydrogens (tertiary/aromatic N) is 2. The predicted molar refractivity (Wildman–Crippen MR) is 108 cm³/mol. The normalized spacial score (nSPS) is 22.6. The van der Waals surface area contributed by atoms with E-state index in [-0.39, 0.29) is 24.9 Å². The number of rotatable bonds is 6. The van der Waals surface area contributed by atoms with Crippen molar-refractivity contribution in [1.29, 1.82) is 0 Å². The Balaban J connectivity index is 0.00000280. The second-order valence-electron chi connectivity index (χ2n) is 7.25. The van der Waals surface area contributed by atoms with Crippen LogP contribution >= 0.6 is 12.4 Å². The summed E-state index contributed by atoms with van der Waals surface area (Å²) in [5.74, 6) is -0.740. The summed E-state index contributed by atoms with van der Waals surface area (Å²) in [6.45, 7) is 8.43. The molecule has 3 N–H and O–H groups in total. The largest absolute Gasteiger partial charge is 0.353 e. The average molecular weight is 410 g/mol. The van der Waals surface area contributed by atoms with E-state index in [1.165, 1.54) is 0 Å². The third-order valence-electron chi connectivity index (χ3n) is 5.17. The van der Waals surface area contributed by atoms with Crippen LogP contribution in [0, 0.1) is 6.92 Å². The lowest BCUT2D eigenvalue weighted by Gasteiger charge is -2.27. The zero-order valence-electron chi connectivity index (χ0n) is 16.3. The number of nitrogens with one attached hydrogen (secondary N) is 3. The number of aryl methyl sites for hydroxylation is 1. The lowest BCUT2D eigenvalue weighted by molar-refractivity contribution is -0.134. The minimum absolute atomic E-state index is 0. The van der Waals surface area contributed by atoms with Crippen molar-refractivity contribution in [2.45, 2.75) is 19.4 Å². The van der Waals surface area contributed by atoms with E-state index in [1.807, 2.05) is 31.2 Å². The van der Waals surface area contributed by atoms with E-state index in [0.717, 1.165) is 43.2 Å². The highest BCUT2D eigenvalue weighted by Crippen LogP contribution is 2.28. The summed E-state index contributed by atoms with van der Waals surface area (Å²) in [5, 5.41) is 8.80. The van der Waals surface area contributed by atoms with Gasteiger partial charge in [-0.1, -0.05) is 29.8 Å². The van der Waals surface area contributed by atoms with Crippen LogP contribution in [0.2, 0.25) is 0 Å². The summed E-state index contributed by atoms with van der Waals surface area (Å²) in [6, 6.07) is 6.90. The molecule has 0 bridgehead atoms. The molecule has 28 heavy (non-hydrogen) atoms. The first-order valence-corrected chi connectivity index (χ1v) is 9.31. The highest BCUT2D eigenvalue weighted by molar-refractivity contribution is 6.09. The molecule has 0 saturated carbocycles. The Hall–Kier alpha value is -2.16. The third-order valence-corrected chi connectivity index (χ3v) is 5.17. The number of urea groups is 1. The van der Waals surface area contributed by atoms with Crippen LogP contribution in [0.1, 0.15) is 18.1 Å². The minimum Gasteiger partial charge on any atom is -0.353 e. The molecular weight excluding hydrogens is 382 g/mol. The van der Waals surface area contributed by atoms with E-state index in [2.05, 4.69) is 20.9 Å². The van der Waals surface area contributed by atoms with Crippen molar-refractivity contribution < 1.29 is 14.4 Å². The van der Waals surface area contributed by atoms with Crippen LogP contribution in [0.5, 0.6) is 0 Å². The monoisotopic (exact) mass is 409 g/mol. The van der Waals surface area contributed by atoms with Gasteiger partial charge in [0.05, 0.1) is 0 Å². The molecule has 0 radical (unpaired) electrons. The highest BCUT2D eigenvalue weighted by atomic mass is 35.5. The highest BCUT2D eigenvalue weighted by Gasteiger charge is 2.49. The fourth-order valence-electron chi connectivity index (χ4n) is 3.41. The van der Waals surface area contributed by atoms with Crippen LogP contribution in [-0.4, -0.2) is 73.5 Å². The zero-order valence-corrected chi connectivity index (χ0v) is 17.1. The summed E-state index contributed by atoms with van der Waals surface area (Å²) in [6.07, 6.45) is 0. The van der Waals surface area contributed by atoms with Crippen LogP contribution in [0.4, 0.5) is 4.79 Å². The number of hydrogen-bond donors (Lipinski definition) is 3. The number of carbonyl (C=O) groups excluding carboxylic acids is 3. The third kappa shape index (κ3) is 4.81. The number of carbonyl (C=O) groups is 3. The quantitative estimate of drug-likeness (QED) is 0.584. The van der Waals surface area contributed by atoms with E-state index >= 15 is 0 Å². The molecule has 8 nitrogen and oxygen atoms in total. The molecule has 0 spiro atoms. The topological polar surface area (TPSA) is 93.8 Å². The Kier molecular flexibility index (Phi) is 7.40. The minimum atomic E-state index is -1.15. The second kappa shape index (κ2) is 9.36. The molecule has 1 aromatic carbocycles. The van der Waals surface area contributed by atoms with E-state index in [9.17, 15) is 14.4 Å². The molecular formula is C19H28ClN5O3. The van der Waals surface area contributed by atoms with Gasteiger partial charge in [0, 0.05) is 39.3 Å². The number of piperazine rings is 1. The van der Waals surface area contributed by atoms with Crippen LogP contribution < -0.4 is 16.0 Å². The fourth-order valence-corrected chi connectivity index (χ4v) is 3.41. The van der Waals surface area contributed by atoms with Gasteiger partial charge in [-0.25, -0.2) is 4.79 Å². The Morgan fingerprint density at radius 1 is 1.18 bits per heavy atom. The average Bonchev–Trinajstić information content (AvgIpc) is 2.87.